The Bertz CT molecular complexity index is 1770. The molecule has 0 saturated carbocycles. The Balaban J connectivity index is 1.03. The van der Waals surface area contributed by atoms with Crippen LogP contribution < -0.4 is 16.0 Å². The lowest BCUT2D eigenvalue weighted by atomic mass is 9.77. The average molecular weight is 683 g/mol. The third kappa shape index (κ3) is 6.83. The fourth-order valence-electron chi connectivity index (χ4n) is 8.46. The van der Waals surface area contributed by atoms with Crippen molar-refractivity contribution in [3.8, 4) is 0 Å². The minimum atomic E-state index is -0.748. The molecule has 266 valence electrons. The molecule has 3 atom stereocenters. The number of nitrogens with one attached hydrogen (secondary N) is 4. The zero-order chi connectivity index (χ0) is 35.0. The number of aliphatic hydroxyl groups is 1. The standard InChI is InChI=1S/C38H50N8O4/c1-24-18-26(19-29-22-40-43-33(24)29)20-32(36(49)46-17-12-38(23-46)10-15-44(16-11-38)35(48)25(2)39-3)42-37(50)45-13-8-27(9-14-45)30-21-28-6-4-5-7-31(28)41-34(30)47/h4-7,18-19,21-22,25,27,32,34,39,41,47H,8-17,20,23H2,1-3H3,(H,40,43)(H,42,50)/t25-,32-,34?/m0/s1. The van der Waals surface area contributed by atoms with Gasteiger partial charge in [0.15, 0.2) is 0 Å². The number of piperidine rings is 2. The van der Waals surface area contributed by atoms with Gasteiger partial charge < -0.3 is 35.8 Å². The number of para-hydroxylation sites is 1. The molecule has 1 unspecified atom stereocenters. The summed E-state index contributed by atoms with van der Waals surface area (Å²) in [6.45, 7) is 7.67. The average Bonchev–Trinajstić information content (AvgIpc) is 3.78. The van der Waals surface area contributed by atoms with Gasteiger partial charge in [-0.2, -0.15) is 5.10 Å². The first-order chi connectivity index (χ1) is 24.1. The van der Waals surface area contributed by atoms with Crippen molar-refractivity contribution in [1.82, 2.24) is 35.5 Å². The summed E-state index contributed by atoms with van der Waals surface area (Å²) < 4.78 is 0. The number of carbonyl (C=O) groups excluding carboxylic acids is 3. The monoisotopic (exact) mass is 682 g/mol. The molecule has 3 aromatic rings. The van der Waals surface area contributed by atoms with Gasteiger partial charge >= 0.3 is 6.03 Å². The zero-order valence-corrected chi connectivity index (χ0v) is 29.4. The number of carbonyl (C=O) groups is 3. The van der Waals surface area contributed by atoms with E-state index in [0.29, 0.717) is 45.7 Å². The van der Waals surface area contributed by atoms with Crippen molar-refractivity contribution in [3.63, 3.8) is 0 Å². The second-order valence-electron chi connectivity index (χ2n) is 14.8. The van der Waals surface area contributed by atoms with Crippen LogP contribution in [0.25, 0.3) is 17.0 Å². The molecule has 12 nitrogen and oxygen atoms in total. The number of amides is 4. The highest BCUT2D eigenvalue weighted by Crippen LogP contribution is 2.41. The Morgan fingerprint density at radius 2 is 1.72 bits per heavy atom. The fraction of sp³-hybridized carbons (Fsp3) is 0.526. The smallest absolute Gasteiger partial charge is 0.318 e. The van der Waals surface area contributed by atoms with Crippen LogP contribution in [0.15, 0.2) is 48.2 Å². The van der Waals surface area contributed by atoms with Crippen LogP contribution in [0.1, 0.15) is 55.7 Å². The quantitative estimate of drug-likeness (QED) is 0.257. The van der Waals surface area contributed by atoms with Crippen molar-refractivity contribution in [2.45, 2.75) is 70.7 Å². The maximum atomic E-state index is 14.3. The summed E-state index contributed by atoms with van der Waals surface area (Å²) in [7, 11) is 1.80. The summed E-state index contributed by atoms with van der Waals surface area (Å²) in [5, 5.41) is 28.5. The molecular weight excluding hydrogens is 632 g/mol. The first-order valence-corrected chi connectivity index (χ1v) is 18.1. The van der Waals surface area contributed by atoms with Gasteiger partial charge in [0.2, 0.25) is 11.8 Å². The van der Waals surface area contributed by atoms with E-state index in [2.05, 4.69) is 38.3 Å². The Morgan fingerprint density at radius 3 is 2.46 bits per heavy atom. The van der Waals surface area contributed by atoms with Crippen molar-refractivity contribution >= 4 is 40.5 Å². The number of rotatable bonds is 7. The Kier molecular flexibility index (Phi) is 9.58. The number of hydrogen-bond acceptors (Lipinski definition) is 7. The summed E-state index contributed by atoms with van der Waals surface area (Å²) in [4.78, 5) is 46.7. The maximum Gasteiger partial charge on any atom is 0.318 e. The van der Waals surface area contributed by atoms with Gasteiger partial charge in [-0.1, -0.05) is 24.3 Å². The first-order valence-electron chi connectivity index (χ1n) is 18.1. The van der Waals surface area contributed by atoms with Crippen molar-refractivity contribution < 1.29 is 19.5 Å². The van der Waals surface area contributed by atoms with Gasteiger partial charge in [0, 0.05) is 56.8 Å². The number of hydrogen-bond donors (Lipinski definition) is 5. The highest BCUT2D eigenvalue weighted by Gasteiger charge is 2.44. The van der Waals surface area contributed by atoms with Gasteiger partial charge in [0.25, 0.3) is 0 Å². The summed E-state index contributed by atoms with van der Waals surface area (Å²) in [5.74, 6) is 0.220. The molecule has 5 N–H and O–H groups in total. The van der Waals surface area contributed by atoms with E-state index in [9.17, 15) is 19.5 Å². The molecule has 0 radical (unpaired) electrons. The summed E-state index contributed by atoms with van der Waals surface area (Å²) in [5.41, 5.74) is 5.91. The molecular formula is C38H50N8O4. The van der Waals surface area contributed by atoms with Gasteiger partial charge in [0.1, 0.15) is 12.3 Å². The van der Waals surface area contributed by atoms with Crippen molar-refractivity contribution in [2.75, 3.05) is 51.6 Å². The SMILES string of the molecule is CN[C@@H](C)C(=O)N1CCC2(CC1)CCN(C(=O)[C@H](Cc1cc(C)c3[nH]ncc3c1)NC(=O)N1CCC(C3=Cc4ccccc4NC3O)CC1)C2. The summed E-state index contributed by atoms with van der Waals surface area (Å²) in [6.07, 6.45) is 7.60. The lowest BCUT2D eigenvalue weighted by Gasteiger charge is -2.40. The molecule has 1 aromatic heterocycles. The van der Waals surface area contributed by atoms with Crippen LogP contribution in [0.3, 0.4) is 0 Å². The number of anilines is 1. The van der Waals surface area contributed by atoms with Crippen LogP contribution >= 0.6 is 0 Å². The van der Waals surface area contributed by atoms with Crippen LogP contribution in [-0.4, -0.2) is 112 Å². The van der Waals surface area contributed by atoms with E-state index in [-0.39, 0.29) is 35.2 Å². The molecule has 12 heteroatoms. The molecule has 0 aliphatic carbocycles. The van der Waals surface area contributed by atoms with Crippen LogP contribution in [0.2, 0.25) is 0 Å². The van der Waals surface area contributed by atoms with Crippen LogP contribution in [0.4, 0.5) is 10.5 Å². The van der Waals surface area contributed by atoms with Crippen molar-refractivity contribution in [1.29, 1.82) is 0 Å². The number of benzene rings is 2. The molecule has 3 fully saturated rings. The van der Waals surface area contributed by atoms with E-state index in [1.54, 1.807) is 13.2 Å². The number of aliphatic hydroxyl groups excluding tert-OH is 1. The largest absolute Gasteiger partial charge is 0.370 e. The molecule has 4 amide bonds. The molecule has 0 bridgehead atoms. The number of likely N-dealkylation sites (tertiary alicyclic amines) is 3. The molecule has 7 rings (SSSR count). The number of fused-ring (bicyclic) bond motifs is 2. The molecule has 2 aromatic carbocycles. The lowest BCUT2D eigenvalue weighted by Crippen LogP contribution is -2.54. The molecule has 4 aliphatic heterocycles. The number of likely N-dealkylation sites (N-methyl/N-ethyl adjacent to an activating group) is 1. The highest BCUT2D eigenvalue weighted by molar-refractivity contribution is 5.88. The van der Waals surface area contributed by atoms with E-state index in [1.807, 2.05) is 58.9 Å². The topological polar surface area (TPSA) is 146 Å². The van der Waals surface area contributed by atoms with Gasteiger partial charge in [0.05, 0.1) is 17.8 Å². The minimum absolute atomic E-state index is 0.00814. The predicted octanol–water partition coefficient (Wildman–Crippen LogP) is 3.48. The van der Waals surface area contributed by atoms with E-state index >= 15 is 0 Å². The second kappa shape index (κ2) is 14.1. The van der Waals surface area contributed by atoms with Gasteiger partial charge in [-0.25, -0.2) is 4.79 Å². The zero-order valence-electron chi connectivity index (χ0n) is 29.4. The van der Waals surface area contributed by atoms with Crippen LogP contribution in [0.5, 0.6) is 0 Å². The molecule has 5 heterocycles. The van der Waals surface area contributed by atoms with Crippen LogP contribution in [0, 0.1) is 18.3 Å². The normalized spacial score (nSPS) is 21.8. The lowest BCUT2D eigenvalue weighted by molar-refractivity contribution is -0.136. The predicted molar refractivity (Wildman–Crippen MR) is 193 cm³/mol. The third-order valence-corrected chi connectivity index (χ3v) is 11.7. The number of H-pyrrole nitrogens is 1. The second-order valence-corrected chi connectivity index (χ2v) is 14.8. The van der Waals surface area contributed by atoms with Gasteiger partial charge in [-0.15, -0.1) is 0 Å². The molecule has 50 heavy (non-hydrogen) atoms. The molecule has 4 aliphatic rings. The van der Waals surface area contributed by atoms with Gasteiger partial charge in [-0.05, 0) is 105 Å². The third-order valence-electron chi connectivity index (χ3n) is 11.7. The Labute approximate surface area is 293 Å². The number of aromatic nitrogens is 2. The van der Waals surface area contributed by atoms with Crippen LogP contribution in [-0.2, 0) is 16.0 Å². The number of aryl methyl sites for hydroxylation is 1. The summed E-state index contributed by atoms with van der Waals surface area (Å²) in [6, 6.07) is 10.9. The van der Waals surface area contributed by atoms with E-state index < -0.39 is 12.3 Å². The highest BCUT2D eigenvalue weighted by atomic mass is 16.3. The van der Waals surface area contributed by atoms with E-state index in [4.69, 9.17) is 0 Å². The maximum absolute atomic E-state index is 14.3. The first kappa shape index (κ1) is 34.0. The molecule has 1 spiro atoms. The molecule has 3 saturated heterocycles. The van der Waals surface area contributed by atoms with Crippen molar-refractivity contribution in [3.05, 3.63) is 64.9 Å². The minimum Gasteiger partial charge on any atom is -0.370 e. The van der Waals surface area contributed by atoms with Gasteiger partial charge in [-0.3, -0.25) is 14.7 Å². The number of urea groups is 1. The Hall–Kier alpha value is -4.42. The van der Waals surface area contributed by atoms with E-state index in [1.165, 1.54) is 0 Å². The van der Waals surface area contributed by atoms with Crippen molar-refractivity contribution in [2.24, 2.45) is 11.3 Å². The Morgan fingerprint density at radius 1 is 1.00 bits per heavy atom. The summed E-state index contributed by atoms with van der Waals surface area (Å²) >= 11 is 0. The van der Waals surface area contributed by atoms with E-state index in [0.717, 1.165) is 71.0 Å². The number of nitrogens with zero attached hydrogens (tertiary/aromatic N) is 4. The fourth-order valence-corrected chi connectivity index (χ4v) is 8.46. The number of aromatic amines is 1.